The molecule has 4 aromatic rings. The Bertz CT molecular complexity index is 2490. The van der Waals surface area contributed by atoms with Crippen molar-refractivity contribution in [2.45, 2.75) is 47.0 Å². The van der Waals surface area contributed by atoms with Crippen LogP contribution >= 0.6 is 0 Å². The Morgan fingerprint density at radius 1 is 0.344 bits per heavy atom. The van der Waals surface area contributed by atoms with Crippen LogP contribution < -0.4 is 28.4 Å². The van der Waals surface area contributed by atoms with Crippen molar-refractivity contribution >= 4 is 35.8 Å². The van der Waals surface area contributed by atoms with E-state index in [9.17, 15) is 28.8 Å². The van der Waals surface area contributed by atoms with E-state index in [0.717, 1.165) is 0 Å². The molecule has 1 aliphatic rings. The van der Waals surface area contributed by atoms with E-state index in [-0.39, 0.29) is 79.1 Å². The summed E-state index contributed by atoms with van der Waals surface area (Å²) in [6, 6.07) is 19.4. The second kappa shape index (κ2) is 17.6. The van der Waals surface area contributed by atoms with Crippen LogP contribution in [0.3, 0.4) is 0 Å². The molecule has 4 aromatic carbocycles. The van der Waals surface area contributed by atoms with Crippen molar-refractivity contribution in [2.24, 2.45) is 0 Å². The van der Waals surface area contributed by atoms with Crippen LogP contribution in [-0.2, 0) is 34.2 Å². The molecule has 310 valence electrons. The van der Waals surface area contributed by atoms with Gasteiger partial charge < -0.3 is 28.4 Å². The summed E-state index contributed by atoms with van der Waals surface area (Å²) in [5, 5.41) is 0. The zero-order valence-corrected chi connectivity index (χ0v) is 34.6. The van der Waals surface area contributed by atoms with E-state index in [1.54, 1.807) is 36.4 Å². The van der Waals surface area contributed by atoms with Crippen molar-refractivity contribution < 1.29 is 57.2 Å². The maximum absolute atomic E-state index is 13.6. The van der Waals surface area contributed by atoms with Crippen LogP contribution in [0.5, 0.6) is 34.5 Å². The first-order valence-corrected chi connectivity index (χ1v) is 18.5. The molecule has 0 spiro atoms. The van der Waals surface area contributed by atoms with Crippen LogP contribution in [-0.4, -0.2) is 35.8 Å². The van der Waals surface area contributed by atoms with Crippen molar-refractivity contribution in [3.05, 3.63) is 168 Å². The van der Waals surface area contributed by atoms with E-state index < -0.39 is 41.2 Å². The lowest BCUT2D eigenvalue weighted by atomic mass is 9.66. The van der Waals surface area contributed by atoms with E-state index >= 15 is 0 Å². The Morgan fingerprint density at radius 3 is 0.836 bits per heavy atom. The van der Waals surface area contributed by atoms with Gasteiger partial charge in [0, 0.05) is 56.7 Å². The third-order valence-electron chi connectivity index (χ3n) is 9.16. The molecule has 0 aliphatic heterocycles. The molecular weight excluding hydrogens is 781 g/mol. The molecule has 0 atom stereocenters. The van der Waals surface area contributed by atoms with Gasteiger partial charge in [-0.15, -0.1) is 0 Å². The molecule has 12 heteroatoms. The summed E-state index contributed by atoms with van der Waals surface area (Å²) >= 11 is 0. The first-order valence-electron chi connectivity index (χ1n) is 18.5. The Balaban J connectivity index is 2.10. The maximum atomic E-state index is 13.6. The zero-order chi connectivity index (χ0) is 45.1. The fourth-order valence-electron chi connectivity index (χ4n) is 6.24. The highest BCUT2D eigenvalue weighted by atomic mass is 16.6. The fourth-order valence-corrected chi connectivity index (χ4v) is 6.24. The first kappa shape index (κ1) is 44.2. The van der Waals surface area contributed by atoms with Crippen LogP contribution in [0.1, 0.15) is 63.8 Å². The SMILES string of the molecule is C=C(C)C(=O)Oc1cc(OC(=O)C(=C)C)c(C2(c3cc(OC(=O)C(=C)C)c(OC(=O)C(=C)C)cc3OC(=O)C(=C)C)c3ccccc3-c3ccccc32)cc1OC(=O)C(=C)C. The summed E-state index contributed by atoms with van der Waals surface area (Å²) in [5.41, 5.74) is 0.521. The number of fused-ring (bicyclic) bond motifs is 3. The summed E-state index contributed by atoms with van der Waals surface area (Å²) < 4.78 is 35.1. The third kappa shape index (κ3) is 8.79. The number of hydrogen-bond acceptors (Lipinski definition) is 12. The molecule has 0 amide bonds. The molecule has 0 fully saturated rings. The smallest absolute Gasteiger partial charge is 0.338 e. The Kier molecular flexibility index (Phi) is 12.7. The summed E-state index contributed by atoms with van der Waals surface area (Å²) in [5.74, 6) is -7.23. The van der Waals surface area contributed by atoms with Crippen LogP contribution in [0, 0.1) is 0 Å². The number of carbonyl (C=O) groups excluding carboxylic acids is 6. The largest absolute Gasteiger partial charge is 0.423 e. The van der Waals surface area contributed by atoms with E-state index in [1.807, 2.05) is 12.1 Å². The molecule has 0 N–H and O–H groups in total. The fraction of sp³-hybridized carbons (Fsp3) is 0.143. The molecular formula is C49H42O12. The summed E-state index contributed by atoms with van der Waals surface area (Å²) in [6.45, 7) is 30.6. The lowest BCUT2D eigenvalue weighted by molar-refractivity contribution is -0.132. The van der Waals surface area contributed by atoms with Gasteiger partial charge in [0.15, 0.2) is 23.0 Å². The van der Waals surface area contributed by atoms with Crippen molar-refractivity contribution in [2.75, 3.05) is 0 Å². The number of ether oxygens (including phenoxy) is 6. The topological polar surface area (TPSA) is 158 Å². The van der Waals surface area contributed by atoms with Gasteiger partial charge in [-0.05, 0) is 75.9 Å². The lowest BCUT2D eigenvalue weighted by Crippen LogP contribution is -2.31. The monoisotopic (exact) mass is 822 g/mol. The first-order chi connectivity index (χ1) is 28.7. The quantitative estimate of drug-likeness (QED) is 0.0596. The molecule has 0 saturated carbocycles. The summed E-state index contributed by atoms with van der Waals surface area (Å²) in [4.78, 5) is 79.9. The normalized spacial score (nSPS) is 11.7. The molecule has 0 unspecified atom stereocenters. The minimum Gasteiger partial charge on any atom is -0.423 e. The predicted molar refractivity (Wildman–Crippen MR) is 226 cm³/mol. The van der Waals surface area contributed by atoms with Gasteiger partial charge in [0.2, 0.25) is 0 Å². The second-order valence-electron chi connectivity index (χ2n) is 14.5. The highest BCUT2D eigenvalue weighted by Crippen LogP contribution is 2.61. The van der Waals surface area contributed by atoms with Crippen LogP contribution in [0.25, 0.3) is 11.1 Å². The number of rotatable bonds is 14. The average molecular weight is 823 g/mol. The molecule has 0 aromatic heterocycles. The molecule has 1 aliphatic carbocycles. The van der Waals surface area contributed by atoms with E-state index in [4.69, 9.17) is 28.4 Å². The van der Waals surface area contributed by atoms with Crippen molar-refractivity contribution in [3.8, 4) is 45.6 Å². The third-order valence-corrected chi connectivity index (χ3v) is 9.16. The Hall–Kier alpha value is -7.86. The number of carbonyl (C=O) groups is 6. The van der Waals surface area contributed by atoms with Crippen LogP contribution in [0.2, 0.25) is 0 Å². The zero-order valence-electron chi connectivity index (χ0n) is 34.6. The molecule has 61 heavy (non-hydrogen) atoms. The van der Waals surface area contributed by atoms with Gasteiger partial charge in [0.05, 0.1) is 5.41 Å². The van der Waals surface area contributed by atoms with Crippen molar-refractivity contribution in [1.29, 1.82) is 0 Å². The Labute approximate surface area is 352 Å². The second-order valence-corrected chi connectivity index (χ2v) is 14.5. The molecule has 0 bridgehead atoms. The number of hydrogen-bond donors (Lipinski definition) is 0. The van der Waals surface area contributed by atoms with E-state index in [1.165, 1.54) is 65.8 Å². The average Bonchev–Trinajstić information content (AvgIpc) is 3.49. The highest BCUT2D eigenvalue weighted by Gasteiger charge is 2.51. The van der Waals surface area contributed by atoms with Gasteiger partial charge in [0.1, 0.15) is 11.5 Å². The van der Waals surface area contributed by atoms with Gasteiger partial charge in [-0.1, -0.05) is 88.0 Å². The van der Waals surface area contributed by atoms with Gasteiger partial charge in [-0.2, -0.15) is 0 Å². The van der Waals surface area contributed by atoms with Crippen molar-refractivity contribution in [3.63, 3.8) is 0 Å². The molecule has 0 heterocycles. The Morgan fingerprint density at radius 2 is 0.574 bits per heavy atom. The summed E-state index contributed by atoms with van der Waals surface area (Å²) in [7, 11) is 0. The molecule has 5 rings (SSSR count). The minimum absolute atomic E-state index is 0.00917. The number of benzene rings is 4. The predicted octanol–water partition coefficient (Wildman–Crippen LogP) is 8.94. The van der Waals surface area contributed by atoms with Crippen LogP contribution in [0.4, 0.5) is 0 Å². The highest BCUT2D eigenvalue weighted by molar-refractivity contribution is 5.96. The van der Waals surface area contributed by atoms with Gasteiger partial charge in [0.25, 0.3) is 0 Å². The summed E-state index contributed by atoms with van der Waals surface area (Å²) in [6.07, 6.45) is 0. The van der Waals surface area contributed by atoms with E-state index in [2.05, 4.69) is 39.5 Å². The van der Waals surface area contributed by atoms with Gasteiger partial charge >= 0.3 is 35.8 Å². The molecule has 12 nitrogen and oxygen atoms in total. The standard InChI is InChI=1S/C49H42O12/c1-25(2)43(50)56-37-23-41(60-47(54)29(9)10)39(58-45(52)27(5)6)21-35(37)49(33-19-15-13-17-31(33)32-18-14-16-20-34(32)49)36-22-40(59-46(53)28(7)8)42(61-48(55)30(11)12)24-38(36)57-44(51)26(3)4/h13-24H,1,3,5,7,9,11H2,2,4,6,8,10,12H3. The maximum Gasteiger partial charge on any atom is 0.338 e. The molecule has 0 radical (unpaired) electrons. The van der Waals surface area contributed by atoms with Crippen molar-refractivity contribution in [1.82, 2.24) is 0 Å². The number of esters is 6. The minimum atomic E-state index is -1.80. The molecule has 0 saturated heterocycles. The van der Waals surface area contributed by atoms with Gasteiger partial charge in [-0.25, -0.2) is 28.8 Å². The lowest BCUT2D eigenvalue weighted by Gasteiger charge is -2.36. The van der Waals surface area contributed by atoms with E-state index in [0.29, 0.717) is 22.3 Å². The van der Waals surface area contributed by atoms with Crippen LogP contribution in [0.15, 0.2) is 146 Å². The van der Waals surface area contributed by atoms with Gasteiger partial charge in [-0.3, -0.25) is 0 Å².